The van der Waals surface area contributed by atoms with Gasteiger partial charge in [-0.2, -0.15) is 0 Å². The summed E-state index contributed by atoms with van der Waals surface area (Å²) in [7, 11) is 1.74. The van der Waals surface area contributed by atoms with Crippen molar-refractivity contribution in [2.75, 3.05) is 26.4 Å². The van der Waals surface area contributed by atoms with E-state index in [2.05, 4.69) is 5.32 Å². The van der Waals surface area contributed by atoms with Crippen molar-refractivity contribution in [1.82, 2.24) is 10.2 Å². The third-order valence-corrected chi connectivity index (χ3v) is 4.31. The number of carbonyl (C=O) groups is 1. The Balaban J connectivity index is 2.25. The molecule has 6 nitrogen and oxygen atoms in total. The molecule has 1 fully saturated rings. The van der Waals surface area contributed by atoms with Gasteiger partial charge in [-0.3, -0.25) is 14.9 Å². The number of rotatable bonds is 4. The van der Waals surface area contributed by atoms with Crippen LogP contribution in [0.15, 0.2) is 23.1 Å². The van der Waals surface area contributed by atoms with Crippen molar-refractivity contribution in [3.05, 3.63) is 33.9 Å². The van der Waals surface area contributed by atoms with E-state index in [4.69, 9.17) is 0 Å². The monoisotopic (exact) mass is 295 g/mol. The third kappa shape index (κ3) is 2.94. The maximum atomic E-state index is 12.4. The molecular weight excluding hydrogens is 278 g/mol. The van der Waals surface area contributed by atoms with E-state index in [9.17, 15) is 14.9 Å². The molecular formula is C13H17N3O3S. The van der Waals surface area contributed by atoms with Gasteiger partial charge >= 0.3 is 0 Å². The second-order valence-corrected chi connectivity index (χ2v) is 5.55. The third-order valence-electron chi connectivity index (χ3n) is 3.52. The van der Waals surface area contributed by atoms with Crippen LogP contribution in [0.25, 0.3) is 0 Å². The minimum atomic E-state index is -0.445. The average Bonchev–Trinajstić information content (AvgIpc) is 2.99. The number of nitrogens with one attached hydrogen (secondary N) is 1. The van der Waals surface area contributed by atoms with Crippen LogP contribution in [0.1, 0.15) is 16.8 Å². The van der Waals surface area contributed by atoms with Crippen molar-refractivity contribution in [3.63, 3.8) is 0 Å². The highest BCUT2D eigenvalue weighted by Gasteiger charge is 2.25. The zero-order valence-electron chi connectivity index (χ0n) is 11.5. The normalized spacial score (nSPS) is 18.0. The van der Waals surface area contributed by atoms with Crippen LogP contribution in [0, 0.1) is 10.1 Å². The van der Waals surface area contributed by atoms with E-state index in [1.807, 2.05) is 0 Å². The van der Waals surface area contributed by atoms with Gasteiger partial charge in [-0.15, -0.1) is 11.8 Å². The van der Waals surface area contributed by atoms with Crippen molar-refractivity contribution < 1.29 is 9.72 Å². The molecule has 0 saturated carbocycles. The quantitative estimate of drug-likeness (QED) is 0.520. The summed E-state index contributed by atoms with van der Waals surface area (Å²) >= 11 is 1.30. The second-order valence-electron chi connectivity index (χ2n) is 4.71. The molecule has 1 aliphatic heterocycles. The van der Waals surface area contributed by atoms with Crippen LogP contribution in [0.2, 0.25) is 0 Å². The molecule has 1 aromatic rings. The van der Waals surface area contributed by atoms with Gasteiger partial charge in [0.2, 0.25) is 0 Å². The maximum absolute atomic E-state index is 12.4. The Kier molecular flexibility index (Phi) is 4.61. The fraction of sp³-hybridized carbons (Fsp3) is 0.462. The van der Waals surface area contributed by atoms with Crippen LogP contribution < -0.4 is 5.32 Å². The lowest BCUT2D eigenvalue weighted by atomic mass is 10.1. The molecule has 0 spiro atoms. The Bertz CT molecular complexity index is 530. The molecule has 108 valence electrons. The Hall–Kier alpha value is -1.60. The van der Waals surface area contributed by atoms with Gasteiger partial charge < -0.3 is 10.2 Å². The van der Waals surface area contributed by atoms with E-state index in [0.29, 0.717) is 10.5 Å². The van der Waals surface area contributed by atoms with Gasteiger partial charge in [0, 0.05) is 31.3 Å². The Morgan fingerprint density at radius 3 is 2.85 bits per heavy atom. The van der Waals surface area contributed by atoms with Crippen LogP contribution in [0.5, 0.6) is 0 Å². The molecule has 1 N–H and O–H groups in total. The van der Waals surface area contributed by atoms with Gasteiger partial charge in [0.1, 0.15) is 0 Å². The van der Waals surface area contributed by atoms with E-state index < -0.39 is 4.92 Å². The number of amides is 1. The van der Waals surface area contributed by atoms with Gasteiger partial charge in [0.05, 0.1) is 9.82 Å². The molecule has 1 aliphatic rings. The van der Waals surface area contributed by atoms with E-state index in [1.165, 1.54) is 17.8 Å². The lowest BCUT2D eigenvalue weighted by Crippen LogP contribution is -2.38. The maximum Gasteiger partial charge on any atom is 0.283 e. The van der Waals surface area contributed by atoms with Gasteiger partial charge in [0.15, 0.2) is 0 Å². The Morgan fingerprint density at radius 2 is 2.30 bits per heavy atom. The molecule has 0 aromatic heterocycles. The number of hydrogen-bond donors (Lipinski definition) is 1. The fourth-order valence-electron chi connectivity index (χ4n) is 2.31. The van der Waals surface area contributed by atoms with E-state index in [0.717, 1.165) is 19.5 Å². The largest absolute Gasteiger partial charge is 0.337 e. The van der Waals surface area contributed by atoms with E-state index >= 15 is 0 Å². The van der Waals surface area contributed by atoms with Crippen LogP contribution in [0.3, 0.4) is 0 Å². The highest BCUT2D eigenvalue weighted by molar-refractivity contribution is 7.98. The van der Waals surface area contributed by atoms with Gasteiger partial charge in [0.25, 0.3) is 11.6 Å². The molecule has 7 heteroatoms. The topological polar surface area (TPSA) is 75.5 Å². The van der Waals surface area contributed by atoms with Crippen LogP contribution in [0.4, 0.5) is 5.69 Å². The van der Waals surface area contributed by atoms with E-state index in [-0.39, 0.29) is 17.6 Å². The molecule has 20 heavy (non-hydrogen) atoms. The number of hydrogen-bond acceptors (Lipinski definition) is 5. The SMILES string of the molecule is CSc1ccc(C(=O)N(C)C2CCNC2)cc1[N+](=O)[O-]. The number of carbonyl (C=O) groups excluding carboxylic acids is 1. The summed E-state index contributed by atoms with van der Waals surface area (Å²) in [5.74, 6) is -0.172. The molecule has 1 atom stereocenters. The predicted molar refractivity (Wildman–Crippen MR) is 78.2 cm³/mol. The fourth-order valence-corrected chi connectivity index (χ4v) is 2.85. The number of benzene rings is 1. The molecule has 1 heterocycles. The zero-order chi connectivity index (χ0) is 14.7. The summed E-state index contributed by atoms with van der Waals surface area (Å²) in [5, 5.41) is 14.2. The van der Waals surface area contributed by atoms with Crippen LogP contribution in [-0.2, 0) is 0 Å². The first kappa shape index (κ1) is 14.8. The first-order valence-corrected chi connectivity index (χ1v) is 7.57. The summed E-state index contributed by atoms with van der Waals surface area (Å²) in [6, 6.07) is 4.81. The molecule has 1 unspecified atom stereocenters. The van der Waals surface area contributed by atoms with E-state index in [1.54, 1.807) is 30.3 Å². The van der Waals surface area contributed by atoms with Crippen LogP contribution >= 0.6 is 11.8 Å². The highest BCUT2D eigenvalue weighted by atomic mass is 32.2. The summed E-state index contributed by atoms with van der Waals surface area (Å²) in [6.45, 7) is 1.67. The molecule has 1 aromatic carbocycles. The molecule has 2 rings (SSSR count). The van der Waals surface area contributed by atoms with Crippen molar-refractivity contribution in [2.45, 2.75) is 17.4 Å². The number of nitro groups is 1. The standard InChI is InChI=1S/C13H17N3O3S/c1-15(10-5-6-14-8-10)13(17)9-3-4-12(20-2)11(7-9)16(18)19/h3-4,7,10,14H,5-6,8H2,1-2H3. The average molecular weight is 295 g/mol. The van der Waals surface area contributed by atoms with Crippen LogP contribution in [-0.4, -0.2) is 48.2 Å². The zero-order valence-corrected chi connectivity index (χ0v) is 12.3. The van der Waals surface area contributed by atoms with Gasteiger partial charge in [-0.25, -0.2) is 0 Å². The number of nitrogens with zero attached hydrogens (tertiary/aromatic N) is 2. The highest BCUT2D eigenvalue weighted by Crippen LogP contribution is 2.28. The minimum absolute atomic E-state index is 0.0127. The summed E-state index contributed by atoms with van der Waals surface area (Å²) in [4.78, 5) is 25.2. The van der Waals surface area contributed by atoms with Gasteiger partial charge in [-0.05, 0) is 31.4 Å². The van der Waals surface area contributed by atoms with Crippen molar-refractivity contribution in [1.29, 1.82) is 0 Å². The molecule has 0 aliphatic carbocycles. The number of likely N-dealkylation sites (N-methyl/N-ethyl adjacent to an activating group) is 1. The van der Waals surface area contributed by atoms with Gasteiger partial charge in [-0.1, -0.05) is 0 Å². The molecule has 1 saturated heterocycles. The number of nitro benzene ring substituents is 1. The lowest BCUT2D eigenvalue weighted by molar-refractivity contribution is -0.387. The number of thioether (sulfide) groups is 1. The molecule has 0 bridgehead atoms. The Morgan fingerprint density at radius 1 is 1.55 bits per heavy atom. The summed E-state index contributed by atoms with van der Waals surface area (Å²) in [6.07, 6.45) is 2.69. The lowest BCUT2D eigenvalue weighted by Gasteiger charge is -2.23. The first-order valence-electron chi connectivity index (χ1n) is 6.35. The predicted octanol–water partition coefficient (Wildman–Crippen LogP) is 1.75. The smallest absolute Gasteiger partial charge is 0.283 e. The second kappa shape index (κ2) is 6.23. The molecule has 0 radical (unpaired) electrons. The minimum Gasteiger partial charge on any atom is -0.337 e. The van der Waals surface area contributed by atoms with Crippen molar-refractivity contribution >= 4 is 23.4 Å². The summed E-state index contributed by atoms with van der Waals surface area (Å²) < 4.78 is 0. The van der Waals surface area contributed by atoms with Crippen molar-refractivity contribution in [3.8, 4) is 0 Å². The Labute approximate surface area is 121 Å². The first-order chi connectivity index (χ1) is 9.54. The van der Waals surface area contributed by atoms with Crippen molar-refractivity contribution in [2.24, 2.45) is 0 Å². The molecule has 1 amide bonds. The summed E-state index contributed by atoms with van der Waals surface area (Å²) in [5.41, 5.74) is 0.352.